The second-order valence-electron chi connectivity index (χ2n) is 4.38. The van der Waals surface area contributed by atoms with Crippen molar-refractivity contribution in [2.75, 3.05) is 25.1 Å². The fourth-order valence-electron chi connectivity index (χ4n) is 2.14. The third-order valence-corrected chi connectivity index (χ3v) is 3.07. The van der Waals surface area contributed by atoms with Crippen LogP contribution in [0.2, 0.25) is 0 Å². The number of rotatable bonds is 2. The molecule has 1 unspecified atom stereocenters. The van der Waals surface area contributed by atoms with Crippen LogP contribution in [0.15, 0.2) is 6.20 Å². The largest absolute Gasteiger partial charge is 0.469 e. The minimum atomic E-state index is -0.134. The predicted molar refractivity (Wildman–Crippen MR) is 63.8 cm³/mol. The number of esters is 1. The third-order valence-electron chi connectivity index (χ3n) is 3.07. The van der Waals surface area contributed by atoms with Crippen molar-refractivity contribution >= 4 is 11.8 Å². The Morgan fingerprint density at radius 3 is 3.00 bits per heavy atom. The lowest BCUT2D eigenvalue weighted by Gasteiger charge is -2.18. The van der Waals surface area contributed by atoms with Crippen molar-refractivity contribution in [3.05, 3.63) is 17.6 Å². The van der Waals surface area contributed by atoms with E-state index in [1.807, 2.05) is 13.8 Å². The number of nitrogens with zero attached hydrogens (tertiary/aromatic N) is 3. The third kappa shape index (κ3) is 2.38. The number of methoxy groups -OCH3 is 1. The number of carbonyl (C=O) groups excluding carboxylic acids is 1. The summed E-state index contributed by atoms with van der Waals surface area (Å²) in [5.41, 5.74) is 1.80. The molecule has 5 heteroatoms. The molecule has 1 atom stereocenters. The molecular weight excluding hydrogens is 218 g/mol. The van der Waals surface area contributed by atoms with Gasteiger partial charge < -0.3 is 9.64 Å². The van der Waals surface area contributed by atoms with Crippen LogP contribution in [0.1, 0.15) is 17.8 Å². The molecule has 0 bridgehead atoms. The number of carbonyl (C=O) groups is 1. The summed E-state index contributed by atoms with van der Waals surface area (Å²) in [6.45, 7) is 5.36. The number of aromatic nitrogens is 2. The molecule has 1 saturated heterocycles. The predicted octanol–water partition coefficient (Wildman–Crippen LogP) is 1.09. The topological polar surface area (TPSA) is 55.3 Å². The zero-order valence-corrected chi connectivity index (χ0v) is 10.4. The molecule has 92 valence electrons. The highest BCUT2D eigenvalue weighted by Crippen LogP contribution is 2.24. The summed E-state index contributed by atoms with van der Waals surface area (Å²) in [7, 11) is 1.43. The lowest BCUT2D eigenvalue weighted by molar-refractivity contribution is -0.144. The van der Waals surface area contributed by atoms with Crippen molar-refractivity contribution in [3.63, 3.8) is 0 Å². The highest BCUT2D eigenvalue weighted by atomic mass is 16.5. The van der Waals surface area contributed by atoms with Gasteiger partial charge in [-0.3, -0.25) is 9.78 Å². The Balaban J connectivity index is 2.15. The Bertz CT molecular complexity index is 434. The normalized spacial score (nSPS) is 19.5. The second kappa shape index (κ2) is 4.69. The zero-order valence-electron chi connectivity index (χ0n) is 10.4. The van der Waals surface area contributed by atoms with Crippen LogP contribution in [-0.2, 0) is 9.53 Å². The monoisotopic (exact) mass is 235 g/mol. The summed E-state index contributed by atoms with van der Waals surface area (Å²) < 4.78 is 4.77. The second-order valence-corrected chi connectivity index (χ2v) is 4.38. The van der Waals surface area contributed by atoms with E-state index in [0.29, 0.717) is 6.54 Å². The molecule has 0 saturated carbocycles. The molecule has 1 aromatic rings. The average molecular weight is 235 g/mol. The molecule has 2 heterocycles. The lowest BCUT2D eigenvalue weighted by atomic mass is 10.1. The van der Waals surface area contributed by atoms with E-state index < -0.39 is 0 Å². The number of hydrogen-bond acceptors (Lipinski definition) is 5. The van der Waals surface area contributed by atoms with E-state index >= 15 is 0 Å². The first-order valence-electron chi connectivity index (χ1n) is 5.75. The molecule has 0 amide bonds. The molecule has 2 rings (SSSR count). The van der Waals surface area contributed by atoms with Gasteiger partial charge in [-0.25, -0.2) is 4.98 Å². The minimum absolute atomic E-state index is 0.0401. The van der Waals surface area contributed by atoms with Gasteiger partial charge in [0.05, 0.1) is 24.4 Å². The van der Waals surface area contributed by atoms with Crippen molar-refractivity contribution in [3.8, 4) is 0 Å². The van der Waals surface area contributed by atoms with Crippen LogP contribution in [0, 0.1) is 19.8 Å². The number of ether oxygens (including phenoxy) is 1. The molecule has 1 fully saturated rings. The molecule has 0 radical (unpaired) electrons. The molecule has 17 heavy (non-hydrogen) atoms. The fraction of sp³-hybridized carbons (Fsp3) is 0.583. The van der Waals surface area contributed by atoms with Gasteiger partial charge >= 0.3 is 5.97 Å². The van der Waals surface area contributed by atoms with Gasteiger partial charge in [-0.15, -0.1) is 0 Å². The first-order chi connectivity index (χ1) is 8.11. The smallest absolute Gasteiger partial charge is 0.310 e. The van der Waals surface area contributed by atoms with Crippen molar-refractivity contribution in [1.29, 1.82) is 0 Å². The molecule has 1 aliphatic heterocycles. The van der Waals surface area contributed by atoms with Crippen molar-refractivity contribution < 1.29 is 9.53 Å². The van der Waals surface area contributed by atoms with Gasteiger partial charge in [0.1, 0.15) is 5.82 Å². The minimum Gasteiger partial charge on any atom is -0.469 e. The Morgan fingerprint density at radius 2 is 2.29 bits per heavy atom. The number of anilines is 1. The molecule has 1 aromatic heterocycles. The van der Waals surface area contributed by atoms with E-state index in [0.717, 1.165) is 30.2 Å². The first kappa shape index (κ1) is 11.8. The van der Waals surface area contributed by atoms with Crippen LogP contribution in [-0.4, -0.2) is 36.1 Å². The molecule has 5 nitrogen and oxygen atoms in total. The van der Waals surface area contributed by atoms with Crippen molar-refractivity contribution in [2.45, 2.75) is 20.3 Å². The quantitative estimate of drug-likeness (QED) is 0.718. The van der Waals surface area contributed by atoms with Crippen LogP contribution in [0.5, 0.6) is 0 Å². The summed E-state index contributed by atoms with van der Waals surface area (Å²) >= 11 is 0. The Labute approximate surface area is 101 Å². The van der Waals surface area contributed by atoms with E-state index in [4.69, 9.17) is 4.74 Å². The summed E-state index contributed by atoms with van der Waals surface area (Å²) in [5.74, 6) is 0.712. The Kier molecular flexibility index (Phi) is 3.26. The molecule has 0 aromatic carbocycles. The Hall–Kier alpha value is -1.65. The van der Waals surface area contributed by atoms with Gasteiger partial charge in [-0.1, -0.05) is 0 Å². The van der Waals surface area contributed by atoms with E-state index in [1.54, 1.807) is 6.20 Å². The fourth-order valence-corrected chi connectivity index (χ4v) is 2.14. The van der Waals surface area contributed by atoms with Gasteiger partial charge in [0.15, 0.2) is 0 Å². The van der Waals surface area contributed by atoms with Gasteiger partial charge in [-0.05, 0) is 20.3 Å². The van der Waals surface area contributed by atoms with Crippen LogP contribution < -0.4 is 4.90 Å². The highest BCUT2D eigenvalue weighted by molar-refractivity contribution is 5.74. The SMILES string of the molecule is COC(=O)C1CCN(c2nc(C)cnc2C)C1. The number of aryl methyl sites for hydroxylation is 2. The van der Waals surface area contributed by atoms with Gasteiger partial charge in [0.2, 0.25) is 0 Å². The van der Waals surface area contributed by atoms with E-state index in [2.05, 4.69) is 14.9 Å². The number of hydrogen-bond donors (Lipinski definition) is 0. The van der Waals surface area contributed by atoms with E-state index in [-0.39, 0.29) is 11.9 Å². The highest BCUT2D eigenvalue weighted by Gasteiger charge is 2.30. The maximum atomic E-state index is 11.5. The lowest BCUT2D eigenvalue weighted by Crippen LogP contribution is -2.25. The van der Waals surface area contributed by atoms with E-state index in [1.165, 1.54) is 7.11 Å². The van der Waals surface area contributed by atoms with Crippen LogP contribution in [0.4, 0.5) is 5.82 Å². The van der Waals surface area contributed by atoms with Crippen LogP contribution >= 0.6 is 0 Å². The summed E-state index contributed by atoms with van der Waals surface area (Å²) in [6.07, 6.45) is 2.58. The first-order valence-corrected chi connectivity index (χ1v) is 5.75. The molecule has 0 spiro atoms. The summed E-state index contributed by atoms with van der Waals surface area (Å²) in [4.78, 5) is 22.3. The summed E-state index contributed by atoms with van der Waals surface area (Å²) in [6, 6.07) is 0. The van der Waals surface area contributed by atoms with E-state index in [9.17, 15) is 4.79 Å². The molecule has 0 N–H and O–H groups in total. The van der Waals surface area contributed by atoms with Crippen LogP contribution in [0.3, 0.4) is 0 Å². The maximum absolute atomic E-state index is 11.5. The van der Waals surface area contributed by atoms with Crippen molar-refractivity contribution in [1.82, 2.24) is 9.97 Å². The van der Waals surface area contributed by atoms with Gasteiger partial charge in [0.25, 0.3) is 0 Å². The standard InChI is InChI=1S/C12H17N3O2/c1-8-6-13-9(2)11(14-8)15-5-4-10(7-15)12(16)17-3/h6,10H,4-5,7H2,1-3H3. The average Bonchev–Trinajstić information content (AvgIpc) is 2.80. The maximum Gasteiger partial charge on any atom is 0.310 e. The molecular formula is C12H17N3O2. The Morgan fingerprint density at radius 1 is 1.53 bits per heavy atom. The van der Waals surface area contributed by atoms with Crippen LogP contribution in [0.25, 0.3) is 0 Å². The zero-order chi connectivity index (χ0) is 12.4. The molecule has 0 aliphatic carbocycles. The molecule has 1 aliphatic rings. The van der Waals surface area contributed by atoms with Crippen molar-refractivity contribution in [2.24, 2.45) is 5.92 Å². The van der Waals surface area contributed by atoms with Gasteiger partial charge in [0, 0.05) is 19.3 Å². The summed E-state index contributed by atoms with van der Waals surface area (Å²) in [5, 5.41) is 0. The van der Waals surface area contributed by atoms with Gasteiger partial charge in [-0.2, -0.15) is 0 Å².